The van der Waals surface area contributed by atoms with Gasteiger partial charge in [-0.2, -0.15) is 5.10 Å². The van der Waals surface area contributed by atoms with Crippen LogP contribution in [0, 0.1) is 0 Å². The molecular formula is C23H22BrN3O4. The van der Waals surface area contributed by atoms with Crippen LogP contribution in [0.5, 0.6) is 17.2 Å². The number of hydrogen-bond donors (Lipinski definition) is 0. The Morgan fingerprint density at radius 3 is 2.65 bits per heavy atom. The molecule has 1 aromatic heterocycles. The van der Waals surface area contributed by atoms with Crippen molar-refractivity contribution in [2.75, 3.05) is 32.3 Å². The number of halogens is 1. The van der Waals surface area contributed by atoms with Crippen LogP contribution in [-0.2, 0) is 13.0 Å². The second kappa shape index (κ2) is 7.92. The van der Waals surface area contributed by atoms with Gasteiger partial charge in [0.1, 0.15) is 12.3 Å². The van der Waals surface area contributed by atoms with E-state index in [0.717, 1.165) is 40.0 Å². The molecule has 7 nitrogen and oxygen atoms in total. The molecule has 0 radical (unpaired) electrons. The molecule has 8 heteroatoms. The van der Waals surface area contributed by atoms with Crippen molar-refractivity contribution in [1.82, 2.24) is 9.78 Å². The van der Waals surface area contributed by atoms with Crippen LogP contribution in [0.2, 0.25) is 0 Å². The smallest absolute Gasteiger partial charge is 0.311 e. The number of anilines is 1. The van der Waals surface area contributed by atoms with Gasteiger partial charge in [0.15, 0.2) is 11.5 Å². The number of ether oxygens (including phenoxy) is 3. The zero-order chi connectivity index (χ0) is 21.5. The first-order valence-corrected chi connectivity index (χ1v) is 10.9. The molecule has 160 valence electrons. The van der Waals surface area contributed by atoms with Gasteiger partial charge in [-0.25, -0.2) is 4.68 Å². The van der Waals surface area contributed by atoms with E-state index < -0.39 is 0 Å². The minimum absolute atomic E-state index is 0.000389. The highest BCUT2D eigenvalue weighted by molar-refractivity contribution is 9.10. The summed E-state index contributed by atoms with van der Waals surface area (Å²) in [4.78, 5) is 15.3. The van der Waals surface area contributed by atoms with E-state index in [0.29, 0.717) is 24.7 Å². The summed E-state index contributed by atoms with van der Waals surface area (Å²) < 4.78 is 19.4. The first-order chi connectivity index (χ1) is 15.1. The summed E-state index contributed by atoms with van der Waals surface area (Å²) in [5.74, 6) is 1.79. The average molecular weight is 484 g/mol. The van der Waals surface area contributed by atoms with Crippen LogP contribution < -0.4 is 24.7 Å². The minimum Gasteiger partial charge on any atom is -0.493 e. The van der Waals surface area contributed by atoms with Crippen molar-refractivity contribution in [3.63, 3.8) is 0 Å². The SMILES string of the molecule is COc1cc2c(cc1OC)C1COc3c(cnn(Cc4ccc(Br)cc4)c3=O)N1CC2. The molecular weight excluding hydrogens is 462 g/mol. The molecule has 3 aromatic rings. The van der Waals surface area contributed by atoms with E-state index in [2.05, 4.69) is 25.9 Å². The summed E-state index contributed by atoms with van der Waals surface area (Å²) >= 11 is 3.43. The Balaban J connectivity index is 1.48. The molecule has 3 heterocycles. The summed E-state index contributed by atoms with van der Waals surface area (Å²) in [5, 5.41) is 4.44. The standard InChI is InChI=1S/C23H22BrN3O4/c1-29-20-9-15-7-8-26-18-11-25-27(12-14-3-5-16(24)6-4-14)23(28)22(18)31-13-19(26)17(15)10-21(20)30-2/h3-6,9-11,19H,7-8,12-13H2,1-2H3. The summed E-state index contributed by atoms with van der Waals surface area (Å²) in [7, 11) is 3.28. The molecule has 1 atom stereocenters. The molecule has 0 saturated heterocycles. The van der Waals surface area contributed by atoms with Gasteiger partial charge in [0, 0.05) is 11.0 Å². The highest BCUT2D eigenvalue weighted by atomic mass is 79.9. The van der Waals surface area contributed by atoms with E-state index in [9.17, 15) is 4.79 Å². The van der Waals surface area contributed by atoms with Crippen molar-refractivity contribution >= 4 is 21.6 Å². The molecule has 2 aromatic carbocycles. The number of hydrogen-bond acceptors (Lipinski definition) is 6. The zero-order valence-electron chi connectivity index (χ0n) is 17.3. The van der Waals surface area contributed by atoms with E-state index in [1.165, 1.54) is 10.2 Å². The highest BCUT2D eigenvalue weighted by Crippen LogP contribution is 2.43. The lowest BCUT2D eigenvalue weighted by Gasteiger charge is -2.42. The number of fused-ring (bicyclic) bond motifs is 5. The fourth-order valence-electron chi connectivity index (χ4n) is 4.34. The first-order valence-electron chi connectivity index (χ1n) is 10.1. The van der Waals surface area contributed by atoms with Crippen LogP contribution in [0.4, 0.5) is 5.69 Å². The second-order valence-corrected chi connectivity index (χ2v) is 8.54. The zero-order valence-corrected chi connectivity index (χ0v) is 18.9. The molecule has 2 aliphatic heterocycles. The average Bonchev–Trinajstić information content (AvgIpc) is 2.80. The van der Waals surface area contributed by atoms with Gasteiger partial charge in [-0.15, -0.1) is 0 Å². The van der Waals surface area contributed by atoms with Gasteiger partial charge in [-0.05, 0) is 47.4 Å². The third kappa shape index (κ3) is 3.44. The van der Waals surface area contributed by atoms with Crippen molar-refractivity contribution in [2.45, 2.75) is 19.0 Å². The lowest BCUT2D eigenvalue weighted by molar-refractivity contribution is 0.251. The Bertz CT molecular complexity index is 1190. The van der Waals surface area contributed by atoms with Crippen LogP contribution in [0.1, 0.15) is 22.7 Å². The van der Waals surface area contributed by atoms with Gasteiger partial charge in [-0.3, -0.25) is 4.79 Å². The Kier molecular flexibility index (Phi) is 5.09. The quantitative estimate of drug-likeness (QED) is 0.565. The monoisotopic (exact) mass is 483 g/mol. The summed E-state index contributed by atoms with van der Waals surface area (Å²) in [5.41, 5.74) is 3.88. The molecule has 1 unspecified atom stereocenters. The molecule has 0 fully saturated rings. The number of benzene rings is 2. The predicted octanol–water partition coefficient (Wildman–Crippen LogP) is 3.57. The number of aromatic nitrogens is 2. The van der Waals surface area contributed by atoms with Crippen molar-refractivity contribution in [3.8, 4) is 17.2 Å². The molecule has 2 aliphatic rings. The van der Waals surface area contributed by atoms with E-state index in [1.54, 1.807) is 20.4 Å². The van der Waals surface area contributed by atoms with Gasteiger partial charge in [-0.1, -0.05) is 28.1 Å². The van der Waals surface area contributed by atoms with Gasteiger partial charge in [0.2, 0.25) is 5.75 Å². The van der Waals surface area contributed by atoms with Crippen LogP contribution >= 0.6 is 15.9 Å². The largest absolute Gasteiger partial charge is 0.493 e. The Morgan fingerprint density at radius 2 is 1.90 bits per heavy atom. The maximum absolute atomic E-state index is 13.1. The van der Waals surface area contributed by atoms with Crippen LogP contribution in [0.25, 0.3) is 0 Å². The normalized spacial score (nSPS) is 16.6. The van der Waals surface area contributed by atoms with Crippen LogP contribution in [-0.4, -0.2) is 37.2 Å². The maximum Gasteiger partial charge on any atom is 0.311 e. The van der Waals surface area contributed by atoms with E-state index >= 15 is 0 Å². The van der Waals surface area contributed by atoms with Crippen molar-refractivity contribution in [3.05, 3.63) is 74.1 Å². The summed E-state index contributed by atoms with van der Waals surface area (Å²) in [6.45, 7) is 1.57. The summed E-state index contributed by atoms with van der Waals surface area (Å²) in [6, 6.07) is 11.9. The van der Waals surface area contributed by atoms with Gasteiger partial charge in [0.25, 0.3) is 0 Å². The molecule has 5 rings (SSSR count). The van der Waals surface area contributed by atoms with Gasteiger partial charge >= 0.3 is 5.56 Å². The van der Waals surface area contributed by atoms with E-state index in [4.69, 9.17) is 14.2 Å². The molecule has 0 amide bonds. The lowest BCUT2D eigenvalue weighted by atomic mass is 9.91. The maximum atomic E-state index is 13.1. The van der Waals surface area contributed by atoms with Gasteiger partial charge < -0.3 is 19.1 Å². The molecule has 0 N–H and O–H groups in total. The second-order valence-electron chi connectivity index (χ2n) is 7.62. The lowest BCUT2D eigenvalue weighted by Crippen LogP contribution is -2.44. The topological polar surface area (TPSA) is 65.8 Å². The minimum atomic E-state index is -0.211. The third-order valence-electron chi connectivity index (χ3n) is 5.92. The fourth-order valence-corrected chi connectivity index (χ4v) is 4.60. The predicted molar refractivity (Wildman–Crippen MR) is 121 cm³/mol. The van der Waals surface area contributed by atoms with Crippen molar-refractivity contribution in [2.24, 2.45) is 0 Å². The number of methoxy groups -OCH3 is 2. The van der Waals surface area contributed by atoms with E-state index in [-0.39, 0.29) is 11.6 Å². The third-order valence-corrected chi connectivity index (χ3v) is 6.45. The van der Waals surface area contributed by atoms with Gasteiger partial charge in [0.05, 0.1) is 33.0 Å². The van der Waals surface area contributed by atoms with E-state index in [1.807, 2.05) is 36.4 Å². The van der Waals surface area contributed by atoms with Crippen LogP contribution in [0.3, 0.4) is 0 Å². The summed E-state index contributed by atoms with van der Waals surface area (Å²) in [6.07, 6.45) is 2.58. The van der Waals surface area contributed by atoms with Crippen molar-refractivity contribution < 1.29 is 14.2 Å². The molecule has 0 bridgehead atoms. The first kappa shape index (κ1) is 19.9. The Labute approximate surface area is 188 Å². The molecule has 0 saturated carbocycles. The van der Waals surface area contributed by atoms with Crippen molar-refractivity contribution in [1.29, 1.82) is 0 Å². The highest BCUT2D eigenvalue weighted by Gasteiger charge is 2.36. The molecule has 31 heavy (non-hydrogen) atoms. The molecule has 0 spiro atoms. The number of rotatable bonds is 4. The number of nitrogens with zero attached hydrogens (tertiary/aromatic N) is 3. The fraction of sp³-hybridized carbons (Fsp3) is 0.304. The Hall–Kier alpha value is -3.00. The molecule has 0 aliphatic carbocycles. The Morgan fingerprint density at radius 1 is 1.16 bits per heavy atom. The van der Waals surface area contributed by atoms with Crippen LogP contribution in [0.15, 0.2) is 51.9 Å².